The number of hydrogen-bond donors (Lipinski definition) is 1. The van der Waals surface area contributed by atoms with Crippen LogP contribution in [0.3, 0.4) is 0 Å². The molecule has 4 aromatic rings. The molecule has 0 saturated heterocycles. The van der Waals surface area contributed by atoms with E-state index < -0.39 is 0 Å². The van der Waals surface area contributed by atoms with E-state index in [1.165, 1.54) is 45.7 Å². The molecule has 0 fully saturated rings. The van der Waals surface area contributed by atoms with Crippen molar-refractivity contribution in [3.8, 4) is 10.6 Å². The van der Waals surface area contributed by atoms with Gasteiger partial charge in [-0.05, 0) is 49.2 Å². The minimum absolute atomic E-state index is 0.136. The molecule has 0 aliphatic heterocycles. The third-order valence-corrected chi connectivity index (χ3v) is 8.29. The summed E-state index contributed by atoms with van der Waals surface area (Å²) < 4.78 is 4.28. The second kappa shape index (κ2) is 8.64. The van der Waals surface area contributed by atoms with Crippen LogP contribution in [0.4, 0.5) is 5.95 Å². The van der Waals surface area contributed by atoms with Gasteiger partial charge in [0.1, 0.15) is 21.2 Å². The maximum atomic E-state index is 12.5. The van der Waals surface area contributed by atoms with Crippen LogP contribution in [0.5, 0.6) is 0 Å². The van der Waals surface area contributed by atoms with Crippen LogP contribution in [-0.4, -0.2) is 31.0 Å². The molecule has 31 heavy (non-hydrogen) atoms. The zero-order valence-corrected chi connectivity index (χ0v) is 19.7. The predicted octanol–water partition coefficient (Wildman–Crippen LogP) is 5.37. The van der Waals surface area contributed by atoms with E-state index in [-0.39, 0.29) is 11.7 Å². The van der Waals surface area contributed by atoms with Crippen molar-refractivity contribution < 1.29 is 4.79 Å². The number of carbonyl (C=O) groups excluding carboxylic acids is 1. The Labute approximate surface area is 192 Å². The standard InChI is InChI=1S/C22H21N5OS3/c1-12-3-6-14(7-4-12)19-26-22(27-31-19)25-17(28)10-29-20-18-15-8-5-13(2)9-16(15)30-21(18)24-11-23-20/h3-4,6-7,11,13H,5,8-10H2,1-2H3,(H,25,27,28)/t13-/m1/s1. The maximum Gasteiger partial charge on any atom is 0.241 e. The Bertz CT molecular complexity index is 1250. The molecule has 0 spiro atoms. The molecule has 158 valence electrons. The highest BCUT2D eigenvalue weighted by Crippen LogP contribution is 2.40. The number of aromatic nitrogens is 4. The van der Waals surface area contributed by atoms with Gasteiger partial charge in [-0.3, -0.25) is 10.1 Å². The number of nitrogens with one attached hydrogen (secondary N) is 1. The molecular weight excluding hydrogens is 446 g/mol. The van der Waals surface area contributed by atoms with Gasteiger partial charge in [0, 0.05) is 15.8 Å². The van der Waals surface area contributed by atoms with Gasteiger partial charge in [0.15, 0.2) is 0 Å². The number of aryl methyl sites for hydroxylation is 2. The quantitative estimate of drug-likeness (QED) is 0.314. The second-order valence-corrected chi connectivity index (χ2v) is 10.6. The lowest BCUT2D eigenvalue weighted by molar-refractivity contribution is -0.113. The monoisotopic (exact) mass is 467 g/mol. The van der Waals surface area contributed by atoms with E-state index in [0.29, 0.717) is 11.9 Å². The molecule has 3 aromatic heterocycles. The smallest absolute Gasteiger partial charge is 0.241 e. The number of thioether (sulfide) groups is 1. The molecule has 6 nitrogen and oxygen atoms in total. The summed E-state index contributed by atoms with van der Waals surface area (Å²) in [6, 6.07) is 8.11. The van der Waals surface area contributed by atoms with Crippen molar-refractivity contribution >= 4 is 56.7 Å². The molecule has 1 aliphatic carbocycles. The van der Waals surface area contributed by atoms with Crippen molar-refractivity contribution in [2.75, 3.05) is 11.1 Å². The van der Waals surface area contributed by atoms with Crippen molar-refractivity contribution in [3.05, 3.63) is 46.6 Å². The van der Waals surface area contributed by atoms with Crippen LogP contribution in [0.25, 0.3) is 20.8 Å². The van der Waals surface area contributed by atoms with Crippen molar-refractivity contribution in [2.24, 2.45) is 5.92 Å². The molecule has 3 heterocycles. The predicted molar refractivity (Wildman–Crippen MR) is 128 cm³/mol. The highest BCUT2D eigenvalue weighted by Gasteiger charge is 2.23. The van der Waals surface area contributed by atoms with Gasteiger partial charge >= 0.3 is 0 Å². The molecule has 0 saturated carbocycles. The molecule has 0 unspecified atom stereocenters. The van der Waals surface area contributed by atoms with Crippen LogP contribution < -0.4 is 5.32 Å². The van der Waals surface area contributed by atoms with E-state index in [1.807, 2.05) is 31.2 Å². The zero-order valence-electron chi connectivity index (χ0n) is 17.2. The lowest BCUT2D eigenvalue weighted by Gasteiger charge is -2.18. The van der Waals surface area contributed by atoms with E-state index in [2.05, 4.69) is 31.6 Å². The van der Waals surface area contributed by atoms with Crippen molar-refractivity contribution in [1.29, 1.82) is 0 Å². The zero-order chi connectivity index (χ0) is 21.4. The third-order valence-electron chi connectivity index (χ3n) is 5.37. The number of hydrogen-bond acceptors (Lipinski definition) is 8. The number of anilines is 1. The summed E-state index contributed by atoms with van der Waals surface area (Å²) in [5, 5.41) is 5.63. The first-order chi connectivity index (χ1) is 15.1. The number of carbonyl (C=O) groups is 1. The van der Waals surface area contributed by atoms with Gasteiger partial charge in [-0.1, -0.05) is 48.5 Å². The summed E-state index contributed by atoms with van der Waals surface area (Å²) in [7, 11) is 0. The molecule has 5 rings (SSSR count). The van der Waals surface area contributed by atoms with Gasteiger partial charge in [-0.15, -0.1) is 11.3 Å². The van der Waals surface area contributed by atoms with Gasteiger partial charge < -0.3 is 0 Å². The van der Waals surface area contributed by atoms with Crippen LogP contribution >= 0.6 is 34.6 Å². The topological polar surface area (TPSA) is 80.7 Å². The average molecular weight is 468 g/mol. The van der Waals surface area contributed by atoms with E-state index in [9.17, 15) is 4.79 Å². The average Bonchev–Trinajstić information content (AvgIpc) is 3.37. The lowest BCUT2D eigenvalue weighted by atomic mass is 9.89. The molecule has 1 atom stereocenters. The number of benzene rings is 1. The van der Waals surface area contributed by atoms with Gasteiger partial charge in [0.05, 0.1) is 5.75 Å². The number of thiophene rings is 1. The summed E-state index contributed by atoms with van der Waals surface area (Å²) in [5.74, 6) is 1.18. The molecule has 1 amide bonds. The van der Waals surface area contributed by atoms with Gasteiger partial charge in [-0.2, -0.15) is 9.36 Å². The van der Waals surface area contributed by atoms with E-state index in [0.717, 1.165) is 38.7 Å². The molecule has 1 N–H and O–H groups in total. The lowest BCUT2D eigenvalue weighted by Crippen LogP contribution is -2.15. The van der Waals surface area contributed by atoms with Crippen LogP contribution in [-0.2, 0) is 17.6 Å². The third kappa shape index (κ3) is 4.35. The first-order valence-electron chi connectivity index (χ1n) is 10.2. The Morgan fingerprint density at radius 1 is 1.26 bits per heavy atom. The van der Waals surface area contributed by atoms with Gasteiger partial charge in [-0.25, -0.2) is 9.97 Å². The highest BCUT2D eigenvalue weighted by atomic mass is 32.2. The Kier molecular flexibility index (Phi) is 5.73. The first-order valence-corrected chi connectivity index (χ1v) is 12.7. The fourth-order valence-electron chi connectivity index (χ4n) is 3.74. The van der Waals surface area contributed by atoms with Gasteiger partial charge in [0.25, 0.3) is 0 Å². The van der Waals surface area contributed by atoms with Gasteiger partial charge in [0.2, 0.25) is 11.9 Å². The van der Waals surface area contributed by atoms with Crippen LogP contribution in [0.2, 0.25) is 0 Å². The van der Waals surface area contributed by atoms with Crippen LogP contribution in [0.15, 0.2) is 35.6 Å². The fraction of sp³-hybridized carbons (Fsp3) is 0.318. The Hall–Kier alpha value is -2.36. The normalized spacial score (nSPS) is 15.7. The summed E-state index contributed by atoms with van der Waals surface area (Å²) in [6.45, 7) is 4.35. The van der Waals surface area contributed by atoms with E-state index in [1.54, 1.807) is 17.7 Å². The molecule has 1 aliphatic rings. The molecule has 0 bridgehead atoms. The fourth-order valence-corrected chi connectivity index (χ4v) is 6.61. The van der Waals surface area contributed by atoms with E-state index in [4.69, 9.17) is 0 Å². The summed E-state index contributed by atoms with van der Waals surface area (Å²) >= 11 is 4.51. The Balaban J connectivity index is 1.27. The van der Waals surface area contributed by atoms with E-state index >= 15 is 0 Å². The Morgan fingerprint density at radius 2 is 2.10 bits per heavy atom. The molecule has 9 heteroatoms. The summed E-state index contributed by atoms with van der Waals surface area (Å²) in [6.07, 6.45) is 4.97. The van der Waals surface area contributed by atoms with Crippen LogP contribution in [0, 0.1) is 12.8 Å². The van der Waals surface area contributed by atoms with Crippen molar-refractivity contribution in [2.45, 2.75) is 38.1 Å². The summed E-state index contributed by atoms with van der Waals surface area (Å²) in [4.78, 5) is 28.4. The largest absolute Gasteiger partial charge is 0.293 e. The SMILES string of the molecule is Cc1ccc(-c2nc(NC(=O)CSc3ncnc4sc5c(c34)CC[C@@H](C)C5)ns2)cc1. The van der Waals surface area contributed by atoms with Crippen molar-refractivity contribution in [3.63, 3.8) is 0 Å². The molecule has 1 aromatic carbocycles. The highest BCUT2D eigenvalue weighted by molar-refractivity contribution is 8.00. The minimum atomic E-state index is -0.136. The Morgan fingerprint density at radius 3 is 2.94 bits per heavy atom. The first kappa shape index (κ1) is 20.5. The number of nitrogens with zero attached hydrogens (tertiary/aromatic N) is 4. The van der Waals surface area contributed by atoms with Crippen molar-refractivity contribution in [1.82, 2.24) is 19.3 Å². The molecule has 0 radical (unpaired) electrons. The minimum Gasteiger partial charge on any atom is -0.293 e. The second-order valence-electron chi connectivity index (χ2n) is 7.84. The molecular formula is C22H21N5OS3. The number of amides is 1. The summed E-state index contributed by atoms with van der Waals surface area (Å²) in [5.41, 5.74) is 3.57. The van der Waals surface area contributed by atoms with Crippen LogP contribution in [0.1, 0.15) is 29.3 Å². The number of rotatable bonds is 5. The number of fused-ring (bicyclic) bond motifs is 3. The maximum absolute atomic E-state index is 12.5.